The van der Waals surface area contributed by atoms with Crippen LogP contribution in [0.5, 0.6) is 0 Å². The number of fused-ring (bicyclic) bond motifs is 1. The van der Waals surface area contributed by atoms with Crippen molar-refractivity contribution >= 4 is 51.2 Å². The highest BCUT2D eigenvalue weighted by Crippen LogP contribution is 2.26. The zero-order valence-corrected chi connectivity index (χ0v) is 19.5. The lowest BCUT2D eigenvalue weighted by Gasteiger charge is -2.10. The van der Waals surface area contributed by atoms with Crippen LogP contribution in [0.4, 0.5) is 22.7 Å². The van der Waals surface area contributed by atoms with Gasteiger partial charge in [0.1, 0.15) is 7.05 Å². The minimum atomic E-state index is -0.208. The second-order valence-corrected chi connectivity index (χ2v) is 8.06. The number of rotatable bonds is 6. The van der Waals surface area contributed by atoms with E-state index < -0.39 is 0 Å². The zero-order chi connectivity index (χ0) is 24.9. The number of carbonyl (C=O) groups is 1. The van der Waals surface area contributed by atoms with E-state index >= 15 is 0 Å². The molecule has 0 saturated carbocycles. The molecule has 0 spiro atoms. The number of nitrogens with one attached hydrogen (secondary N) is 2. The third-order valence-corrected chi connectivity index (χ3v) is 5.46. The number of hydrogen-bond acceptors (Lipinski definition) is 5. The third-order valence-electron chi connectivity index (χ3n) is 5.46. The van der Waals surface area contributed by atoms with Crippen molar-refractivity contribution in [1.82, 2.24) is 0 Å². The summed E-state index contributed by atoms with van der Waals surface area (Å²) >= 11 is 0. The molecule has 176 valence electrons. The van der Waals surface area contributed by atoms with Gasteiger partial charge in [-0.15, -0.1) is 5.10 Å². The van der Waals surface area contributed by atoms with E-state index in [2.05, 4.69) is 20.8 Å². The van der Waals surface area contributed by atoms with Gasteiger partial charge in [-0.3, -0.25) is 4.79 Å². The summed E-state index contributed by atoms with van der Waals surface area (Å²) in [6.07, 6.45) is 1.99. The lowest BCUT2D eigenvalue weighted by atomic mass is 10.1. The molecule has 1 amide bonds. The van der Waals surface area contributed by atoms with Crippen LogP contribution in [0.15, 0.2) is 89.2 Å². The predicted octanol–water partition coefficient (Wildman–Crippen LogP) is 3.24. The van der Waals surface area contributed by atoms with Crippen LogP contribution in [-0.4, -0.2) is 17.6 Å². The first-order valence-corrected chi connectivity index (χ1v) is 10.9. The van der Waals surface area contributed by atoms with Crippen molar-refractivity contribution in [1.29, 1.82) is 0 Å². The molecular formula is C26H27N8O+. The number of pyridine rings is 1. The first-order chi connectivity index (χ1) is 16.8. The highest BCUT2D eigenvalue weighted by molar-refractivity contribution is 6.05. The molecule has 0 fully saturated rings. The average molecular weight is 468 g/mol. The number of nitrogen functional groups attached to an aromatic ring is 1. The summed E-state index contributed by atoms with van der Waals surface area (Å²) in [4.78, 5) is 12.7. The van der Waals surface area contributed by atoms with Crippen LogP contribution in [0, 0.1) is 0 Å². The van der Waals surface area contributed by atoms with Gasteiger partial charge in [-0.1, -0.05) is 12.1 Å². The third kappa shape index (κ3) is 5.53. The maximum absolute atomic E-state index is 12.7. The number of aromatic nitrogens is 1. The summed E-state index contributed by atoms with van der Waals surface area (Å²) in [6, 6.07) is 22.4. The lowest BCUT2D eigenvalue weighted by molar-refractivity contribution is -0.644. The van der Waals surface area contributed by atoms with E-state index in [1.807, 2.05) is 66.3 Å². The van der Waals surface area contributed by atoms with Crippen molar-refractivity contribution < 1.29 is 9.36 Å². The Morgan fingerprint density at radius 3 is 2.20 bits per heavy atom. The van der Waals surface area contributed by atoms with E-state index in [4.69, 9.17) is 17.2 Å². The zero-order valence-electron chi connectivity index (χ0n) is 19.5. The Kier molecular flexibility index (Phi) is 6.59. The summed E-state index contributed by atoms with van der Waals surface area (Å²) in [5, 5.41) is 14.9. The predicted molar refractivity (Wildman–Crippen MR) is 142 cm³/mol. The van der Waals surface area contributed by atoms with Crippen molar-refractivity contribution in [2.45, 2.75) is 6.92 Å². The average Bonchev–Trinajstić information content (AvgIpc) is 2.85. The summed E-state index contributed by atoms with van der Waals surface area (Å²) in [7, 11) is 1.99. The van der Waals surface area contributed by atoms with Crippen molar-refractivity contribution in [3.05, 3.63) is 90.1 Å². The van der Waals surface area contributed by atoms with Gasteiger partial charge in [0.15, 0.2) is 6.20 Å². The van der Waals surface area contributed by atoms with E-state index in [-0.39, 0.29) is 11.9 Å². The normalized spacial score (nSPS) is 11.2. The molecule has 9 heteroatoms. The Balaban J connectivity index is 1.45. The van der Waals surface area contributed by atoms with Gasteiger partial charge in [-0.05, 0) is 61.0 Å². The maximum atomic E-state index is 12.7. The van der Waals surface area contributed by atoms with E-state index in [1.165, 1.54) is 0 Å². The van der Waals surface area contributed by atoms with Crippen molar-refractivity contribution in [2.24, 2.45) is 28.7 Å². The van der Waals surface area contributed by atoms with Gasteiger partial charge in [0.2, 0.25) is 11.5 Å². The molecule has 8 N–H and O–H groups in total. The van der Waals surface area contributed by atoms with Crippen LogP contribution < -0.4 is 32.4 Å². The number of nitrogens with two attached hydrogens (primary N) is 3. The molecule has 0 atom stereocenters. The maximum Gasteiger partial charge on any atom is 0.255 e. The molecule has 1 heterocycles. The number of amides is 1. The molecule has 9 nitrogen and oxygen atoms in total. The molecule has 0 bridgehead atoms. The Labute approximate surface area is 203 Å². The largest absolute Gasteiger partial charge is 0.399 e. The first kappa shape index (κ1) is 23.2. The molecular weight excluding hydrogens is 440 g/mol. The number of nitrogens with zero attached hydrogens (tertiary/aromatic N) is 3. The van der Waals surface area contributed by atoms with E-state index in [0.717, 1.165) is 27.8 Å². The standard InChI is InChI=1S/C26H26N8O/c1-16(32-33-26(28)29)17-3-8-21(9-4-17)31-25(35)18-5-10-20(11-6-18)30-23-13-14-34(2)24-12-7-19(27)15-22(23)24/h3-15H,27H2,1-2H3,(H5,28,29,31,32,33,35)/p+1. The second kappa shape index (κ2) is 9.92. The Morgan fingerprint density at radius 2 is 1.51 bits per heavy atom. The van der Waals surface area contributed by atoms with Gasteiger partial charge in [0.05, 0.1) is 16.8 Å². The van der Waals surface area contributed by atoms with E-state index in [0.29, 0.717) is 22.6 Å². The number of carbonyl (C=O) groups excluding carboxylic acids is 1. The molecule has 0 aliphatic heterocycles. The van der Waals surface area contributed by atoms with Crippen LogP contribution in [0.3, 0.4) is 0 Å². The molecule has 0 aliphatic carbocycles. The highest BCUT2D eigenvalue weighted by atomic mass is 16.1. The second-order valence-electron chi connectivity index (χ2n) is 8.06. The van der Waals surface area contributed by atoms with Gasteiger partial charge >= 0.3 is 0 Å². The number of aryl methyl sites for hydroxylation is 1. The molecule has 0 unspecified atom stereocenters. The molecule has 0 radical (unpaired) electrons. The fraction of sp³-hybridized carbons (Fsp3) is 0.0769. The van der Waals surface area contributed by atoms with Gasteiger partial charge < -0.3 is 27.8 Å². The molecule has 0 saturated heterocycles. The lowest BCUT2D eigenvalue weighted by Crippen LogP contribution is -2.28. The summed E-state index contributed by atoms with van der Waals surface area (Å²) in [6.45, 7) is 1.79. The van der Waals surface area contributed by atoms with Crippen molar-refractivity contribution in [3.8, 4) is 0 Å². The van der Waals surface area contributed by atoms with Gasteiger partial charge in [-0.25, -0.2) is 4.57 Å². The quantitative estimate of drug-likeness (QED) is 0.0971. The SMILES string of the molecule is C/C(=N\N=C(N)N)c1ccc(NC(=O)c2ccc(Nc3cc[n+](C)c4ccc(N)cc34)cc2)cc1. The Morgan fingerprint density at radius 1 is 0.857 bits per heavy atom. The summed E-state index contributed by atoms with van der Waals surface area (Å²) < 4.78 is 2.04. The van der Waals surface area contributed by atoms with Crippen LogP contribution in [0.1, 0.15) is 22.8 Å². The Hall–Kier alpha value is -4.92. The van der Waals surface area contributed by atoms with Gasteiger partial charge in [-0.2, -0.15) is 5.10 Å². The highest BCUT2D eigenvalue weighted by Gasteiger charge is 2.11. The van der Waals surface area contributed by atoms with Crippen LogP contribution in [0.25, 0.3) is 10.9 Å². The Bertz CT molecular complexity index is 1440. The van der Waals surface area contributed by atoms with Crippen LogP contribution >= 0.6 is 0 Å². The fourth-order valence-corrected chi connectivity index (χ4v) is 3.59. The first-order valence-electron chi connectivity index (χ1n) is 10.9. The number of hydrogen-bond donors (Lipinski definition) is 5. The summed E-state index contributed by atoms with van der Waals surface area (Å²) in [5.74, 6) is -0.314. The van der Waals surface area contributed by atoms with Crippen molar-refractivity contribution in [2.75, 3.05) is 16.4 Å². The van der Waals surface area contributed by atoms with E-state index in [9.17, 15) is 4.79 Å². The minimum absolute atomic E-state index is 0.106. The topological polar surface area (TPSA) is 148 Å². The van der Waals surface area contributed by atoms with Crippen LogP contribution in [0.2, 0.25) is 0 Å². The number of benzene rings is 3. The van der Waals surface area contributed by atoms with Gasteiger partial charge in [0, 0.05) is 34.8 Å². The molecule has 3 aromatic carbocycles. The molecule has 4 aromatic rings. The number of anilines is 4. The fourth-order valence-electron chi connectivity index (χ4n) is 3.59. The molecule has 35 heavy (non-hydrogen) atoms. The summed E-state index contributed by atoms with van der Waals surface area (Å²) in [5.41, 5.74) is 22.8. The number of guanidine groups is 1. The van der Waals surface area contributed by atoms with Crippen molar-refractivity contribution in [3.63, 3.8) is 0 Å². The smallest absolute Gasteiger partial charge is 0.255 e. The van der Waals surface area contributed by atoms with Gasteiger partial charge in [0.25, 0.3) is 5.91 Å². The van der Waals surface area contributed by atoms with E-state index in [1.54, 1.807) is 31.2 Å². The molecule has 1 aromatic heterocycles. The monoisotopic (exact) mass is 467 g/mol. The molecule has 0 aliphatic rings. The minimum Gasteiger partial charge on any atom is -0.399 e. The molecule has 4 rings (SSSR count). The van der Waals surface area contributed by atoms with Crippen LogP contribution in [-0.2, 0) is 7.05 Å².